The van der Waals surface area contributed by atoms with Gasteiger partial charge in [-0.3, -0.25) is 0 Å². The number of nitrogens with one attached hydrogen (secondary N) is 1. The van der Waals surface area contributed by atoms with Crippen molar-refractivity contribution in [1.29, 1.82) is 0 Å². The van der Waals surface area contributed by atoms with Crippen molar-refractivity contribution in [2.75, 3.05) is 0 Å². The molecule has 0 radical (unpaired) electrons. The third-order valence-corrected chi connectivity index (χ3v) is 3.69. The highest BCUT2D eigenvalue weighted by molar-refractivity contribution is 7.89. The minimum atomic E-state index is -3.66. The van der Waals surface area contributed by atoms with Crippen LogP contribution in [-0.4, -0.2) is 14.0 Å². The fourth-order valence-corrected chi connectivity index (χ4v) is 2.80. The lowest BCUT2D eigenvalue weighted by Gasteiger charge is -2.20. The van der Waals surface area contributed by atoms with Crippen molar-refractivity contribution in [1.82, 2.24) is 4.72 Å². The third-order valence-electron chi connectivity index (χ3n) is 1.64. The molecule has 16 heavy (non-hydrogen) atoms. The first kappa shape index (κ1) is 13.4. The molecule has 1 aromatic carbocycles. The standard InChI is InChI=1S/C10H13ClFNO2S/c1-10(2,3)13-16(14,15)7-4-5-9(12)8(11)6-7/h4-6,13H,1-3H3. The number of sulfonamides is 1. The molecule has 0 spiro atoms. The van der Waals surface area contributed by atoms with Gasteiger partial charge in [0, 0.05) is 5.54 Å². The van der Waals surface area contributed by atoms with E-state index in [-0.39, 0.29) is 9.92 Å². The summed E-state index contributed by atoms with van der Waals surface area (Å²) < 4.78 is 39.0. The number of benzene rings is 1. The molecule has 0 heterocycles. The quantitative estimate of drug-likeness (QED) is 0.893. The molecule has 0 atom stereocenters. The van der Waals surface area contributed by atoms with E-state index in [2.05, 4.69) is 4.72 Å². The van der Waals surface area contributed by atoms with Crippen molar-refractivity contribution in [2.24, 2.45) is 0 Å². The monoisotopic (exact) mass is 265 g/mol. The predicted octanol–water partition coefficient (Wildman–Crippen LogP) is 2.56. The summed E-state index contributed by atoms with van der Waals surface area (Å²) in [4.78, 5) is -0.0474. The van der Waals surface area contributed by atoms with Gasteiger partial charge in [-0.1, -0.05) is 11.6 Å². The SMILES string of the molecule is CC(C)(C)NS(=O)(=O)c1ccc(F)c(Cl)c1. The molecule has 90 valence electrons. The van der Waals surface area contributed by atoms with E-state index in [0.29, 0.717) is 0 Å². The van der Waals surface area contributed by atoms with Gasteiger partial charge in [-0.15, -0.1) is 0 Å². The van der Waals surface area contributed by atoms with Gasteiger partial charge < -0.3 is 0 Å². The second kappa shape index (κ2) is 4.31. The fourth-order valence-electron chi connectivity index (χ4n) is 1.11. The van der Waals surface area contributed by atoms with Crippen LogP contribution in [0.4, 0.5) is 4.39 Å². The van der Waals surface area contributed by atoms with Gasteiger partial charge >= 0.3 is 0 Å². The van der Waals surface area contributed by atoms with Gasteiger partial charge in [0.05, 0.1) is 9.92 Å². The maximum absolute atomic E-state index is 12.9. The average molecular weight is 266 g/mol. The molecule has 0 bridgehead atoms. The van der Waals surface area contributed by atoms with Gasteiger partial charge in [0.25, 0.3) is 0 Å². The summed E-state index contributed by atoms with van der Waals surface area (Å²) in [6.45, 7) is 5.15. The molecule has 3 nitrogen and oxygen atoms in total. The first-order valence-electron chi connectivity index (χ1n) is 4.61. The van der Waals surface area contributed by atoms with Gasteiger partial charge in [0.2, 0.25) is 10.0 Å². The van der Waals surface area contributed by atoms with E-state index in [1.807, 2.05) is 0 Å². The molecule has 1 N–H and O–H groups in total. The topological polar surface area (TPSA) is 46.2 Å². The Balaban J connectivity index is 3.13. The normalized spacial score (nSPS) is 12.8. The molecule has 1 aromatic rings. The summed E-state index contributed by atoms with van der Waals surface area (Å²) in [7, 11) is -3.66. The Hall–Kier alpha value is -0.650. The summed E-state index contributed by atoms with van der Waals surface area (Å²) in [6.07, 6.45) is 0. The van der Waals surface area contributed by atoms with E-state index in [0.717, 1.165) is 12.1 Å². The van der Waals surface area contributed by atoms with E-state index in [4.69, 9.17) is 11.6 Å². The maximum atomic E-state index is 12.9. The second-order valence-electron chi connectivity index (χ2n) is 4.43. The van der Waals surface area contributed by atoms with Crippen molar-refractivity contribution in [3.05, 3.63) is 29.0 Å². The highest BCUT2D eigenvalue weighted by atomic mass is 35.5. The average Bonchev–Trinajstić information content (AvgIpc) is 2.05. The van der Waals surface area contributed by atoms with Crippen LogP contribution in [0.5, 0.6) is 0 Å². The lowest BCUT2D eigenvalue weighted by atomic mass is 10.1. The fraction of sp³-hybridized carbons (Fsp3) is 0.400. The van der Waals surface area contributed by atoms with Crippen LogP contribution in [0.3, 0.4) is 0 Å². The van der Waals surface area contributed by atoms with Gasteiger partial charge in [-0.05, 0) is 39.0 Å². The van der Waals surface area contributed by atoms with Crippen LogP contribution in [0.2, 0.25) is 5.02 Å². The minimum absolute atomic E-state index is 0.0474. The first-order chi connectivity index (χ1) is 7.12. The molecule has 0 aliphatic rings. The highest BCUT2D eigenvalue weighted by Gasteiger charge is 2.22. The van der Waals surface area contributed by atoms with E-state index in [1.54, 1.807) is 20.8 Å². The lowest BCUT2D eigenvalue weighted by molar-refractivity contribution is 0.491. The number of halogens is 2. The molecule has 6 heteroatoms. The molecular weight excluding hydrogens is 253 g/mol. The summed E-state index contributed by atoms with van der Waals surface area (Å²) in [5, 5.41) is -0.211. The Bertz CT molecular complexity index is 494. The molecule has 1 rings (SSSR count). The predicted molar refractivity (Wildman–Crippen MR) is 61.5 cm³/mol. The van der Waals surface area contributed by atoms with Gasteiger partial charge in [-0.2, -0.15) is 0 Å². The minimum Gasteiger partial charge on any atom is -0.207 e. The Labute approximate surface area is 99.7 Å². The molecule has 0 aliphatic heterocycles. The zero-order valence-electron chi connectivity index (χ0n) is 9.21. The number of hydrogen-bond acceptors (Lipinski definition) is 2. The lowest BCUT2D eigenvalue weighted by Crippen LogP contribution is -2.40. The van der Waals surface area contributed by atoms with Crippen molar-refractivity contribution >= 4 is 21.6 Å². The Kier molecular flexibility index (Phi) is 3.62. The molecule has 0 saturated heterocycles. The van der Waals surface area contributed by atoms with Crippen molar-refractivity contribution < 1.29 is 12.8 Å². The van der Waals surface area contributed by atoms with Crippen molar-refractivity contribution in [3.8, 4) is 0 Å². The van der Waals surface area contributed by atoms with Crippen molar-refractivity contribution in [2.45, 2.75) is 31.2 Å². The zero-order chi connectivity index (χ0) is 12.6. The van der Waals surface area contributed by atoms with Crippen LogP contribution in [0.1, 0.15) is 20.8 Å². The molecule has 0 amide bonds. The van der Waals surface area contributed by atoms with E-state index in [1.165, 1.54) is 6.07 Å². The smallest absolute Gasteiger partial charge is 0.207 e. The largest absolute Gasteiger partial charge is 0.241 e. The van der Waals surface area contributed by atoms with Gasteiger partial charge in [0.1, 0.15) is 5.82 Å². The van der Waals surface area contributed by atoms with Gasteiger partial charge in [-0.25, -0.2) is 17.5 Å². The van der Waals surface area contributed by atoms with Crippen LogP contribution in [-0.2, 0) is 10.0 Å². The summed E-state index contributed by atoms with van der Waals surface area (Å²) in [5.74, 6) is -0.642. The van der Waals surface area contributed by atoms with E-state index >= 15 is 0 Å². The van der Waals surface area contributed by atoms with Gasteiger partial charge in [0.15, 0.2) is 0 Å². The second-order valence-corrected chi connectivity index (χ2v) is 6.52. The van der Waals surface area contributed by atoms with Crippen LogP contribution in [0.25, 0.3) is 0 Å². The Morgan fingerprint density at radius 3 is 2.31 bits per heavy atom. The molecule has 0 saturated carbocycles. The van der Waals surface area contributed by atoms with Crippen LogP contribution >= 0.6 is 11.6 Å². The third kappa shape index (κ3) is 3.43. The maximum Gasteiger partial charge on any atom is 0.241 e. The van der Waals surface area contributed by atoms with Crippen molar-refractivity contribution in [3.63, 3.8) is 0 Å². The van der Waals surface area contributed by atoms with E-state index < -0.39 is 21.4 Å². The molecular formula is C10H13ClFNO2S. The molecule has 0 aromatic heterocycles. The Morgan fingerprint density at radius 1 is 1.31 bits per heavy atom. The summed E-state index contributed by atoms with van der Waals surface area (Å²) in [5.41, 5.74) is -0.598. The summed E-state index contributed by atoms with van der Waals surface area (Å²) in [6, 6.07) is 3.29. The van der Waals surface area contributed by atoms with E-state index in [9.17, 15) is 12.8 Å². The number of rotatable bonds is 2. The highest BCUT2D eigenvalue weighted by Crippen LogP contribution is 2.20. The van der Waals surface area contributed by atoms with Crippen LogP contribution in [0, 0.1) is 5.82 Å². The zero-order valence-corrected chi connectivity index (χ0v) is 10.8. The Morgan fingerprint density at radius 2 is 1.88 bits per heavy atom. The molecule has 0 aliphatic carbocycles. The number of hydrogen-bond donors (Lipinski definition) is 1. The summed E-state index contributed by atoms with van der Waals surface area (Å²) >= 11 is 5.52. The van der Waals surface area contributed by atoms with Crippen LogP contribution < -0.4 is 4.72 Å². The molecule has 0 unspecified atom stereocenters. The van der Waals surface area contributed by atoms with Crippen LogP contribution in [0.15, 0.2) is 23.1 Å². The molecule has 0 fully saturated rings. The first-order valence-corrected chi connectivity index (χ1v) is 6.47.